The third kappa shape index (κ3) is 3.31. The summed E-state index contributed by atoms with van der Waals surface area (Å²) in [6.45, 7) is 1.59. The highest BCUT2D eigenvalue weighted by atomic mass is 32.2. The quantitative estimate of drug-likeness (QED) is 0.664. The number of rotatable bonds is 5. The van der Waals surface area contributed by atoms with Gasteiger partial charge in [0.2, 0.25) is 0 Å². The maximum Gasteiger partial charge on any atom is 0.347 e. The van der Waals surface area contributed by atoms with Gasteiger partial charge < -0.3 is 9.84 Å². The lowest BCUT2D eigenvalue weighted by atomic mass is 10.3. The number of thiazole rings is 1. The third-order valence-corrected chi connectivity index (χ3v) is 4.80. The normalized spacial score (nSPS) is 10.4. The molecule has 0 aliphatic carbocycles. The number of aryl methyl sites for hydroxylation is 1. The van der Waals surface area contributed by atoms with Crippen LogP contribution in [0.15, 0.2) is 27.4 Å². The fraction of sp³-hybridized carbons (Fsp3) is 0.167. The van der Waals surface area contributed by atoms with Gasteiger partial charge in [0, 0.05) is 0 Å². The Morgan fingerprint density at radius 2 is 2.24 bits per heavy atom. The van der Waals surface area contributed by atoms with Crippen LogP contribution in [0.25, 0.3) is 0 Å². The van der Waals surface area contributed by atoms with E-state index in [4.69, 9.17) is 9.84 Å². The Hall–Kier alpha value is -2.13. The Kier molecular flexibility index (Phi) is 4.43. The zero-order chi connectivity index (χ0) is 15.6. The van der Waals surface area contributed by atoms with Gasteiger partial charge in [0.15, 0.2) is 4.34 Å². The molecule has 0 fully saturated rings. The number of nitro benzene ring substituents is 1. The number of carbonyl (C=O) groups is 1. The number of aromatic nitrogens is 1. The molecule has 0 amide bonds. The van der Waals surface area contributed by atoms with Gasteiger partial charge in [-0.25, -0.2) is 9.78 Å². The summed E-state index contributed by atoms with van der Waals surface area (Å²) in [5.41, 5.74) is 0.287. The van der Waals surface area contributed by atoms with Gasteiger partial charge in [0.05, 0.1) is 28.7 Å². The molecule has 110 valence electrons. The summed E-state index contributed by atoms with van der Waals surface area (Å²) in [6, 6.07) is 4.48. The lowest BCUT2D eigenvalue weighted by Gasteiger charge is -2.03. The van der Waals surface area contributed by atoms with Crippen LogP contribution in [0.3, 0.4) is 0 Å². The zero-order valence-corrected chi connectivity index (χ0v) is 12.7. The van der Waals surface area contributed by atoms with Gasteiger partial charge in [0.25, 0.3) is 5.69 Å². The molecule has 2 rings (SSSR count). The molecule has 1 heterocycles. The highest BCUT2D eigenvalue weighted by molar-refractivity contribution is 8.01. The molecule has 0 unspecified atom stereocenters. The molecule has 9 heteroatoms. The first-order valence-corrected chi connectivity index (χ1v) is 7.26. The van der Waals surface area contributed by atoms with Crippen molar-refractivity contribution < 1.29 is 19.6 Å². The van der Waals surface area contributed by atoms with Crippen molar-refractivity contribution in [2.45, 2.75) is 16.2 Å². The van der Waals surface area contributed by atoms with E-state index in [-0.39, 0.29) is 10.6 Å². The molecule has 0 aliphatic heterocycles. The predicted octanol–water partition coefficient (Wildman–Crippen LogP) is 3.22. The summed E-state index contributed by atoms with van der Waals surface area (Å²) in [4.78, 5) is 26.2. The van der Waals surface area contributed by atoms with Crippen LogP contribution in [0.5, 0.6) is 5.75 Å². The highest BCUT2D eigenvalue weighted by Gasteiger charge is 2.20. The number of benzene rings is 1. The van der Waals surface area contributed by atoms with E-state index in [1.165, 1.54) is 13.2 Å². The second-order valence-corrected chi connectivity index (χ2v) is 6.18. The van der Waals surface area contributed by atoms with Crippen LogP contribution in [0.2, 0.25) is 0 Å². The maximum absolute atomic E-state index is 11.1. The van der Waals surface area contributed by atoms with Crippen LogP contribution >= 0.6 is 23.1 Å². The van der Waals surface area contributed by atoms with Crippen molar-refractivity contribution in [1.29, 1.82) is 0 Å². The van der Waals surface area contributed by atoms with E-state index in [0.717, 1.165) is 23.1 Å². The number of nitro groups is 1. The summed E-state index contributed by atoms with van der Waals surface area (Å²) in [5, 5.41) is 20.1. The molecule has 7 nitrogen and oxygen atoms in total. The van der Waals surface area contributed by atoms with Crippen molar-refractivity contribution in [3.8, 4) is 5.75 Å². The Labute approximate surface area is 127 Å². The first kappa shape index (κ1) is 15.3. The number of carboxylic acid groups (broad SMARTS) is 1. The molecule has 0 bridgehead atoms. The van der Waals surface area contributed by atoms with E-state index in [1.807, 2.05) is 0 Å². The summed E-state index contributed by atoms with van der Waals surface area (Å²) >= 11 is 2.05. The van der Waals surface area contributed by atoms with Crippen molar-refractivity contribution in [2.24, 2.45) is 0 Å². The number of hydrogen-bond donors (Lipinski definition) is 1. The molecule has 1 N–H and O–H groups in total. The van der Waals surface area contributed by atoms with Crippen LogP contribution in [-0.4, -0.2) is 28.1 Å². The van der Waals surface area contributed by atoms with Crippen molar-refractivity contribution >= 4 is 34.8 Å². The lowest BCUT2D eigenvalue weighted by molar-refractivity contribution is -0.387. The number of aromatic carboxylic acids is 1. The average Bonchev–Trinajstić information content (AvgIpc) is 2.80. The Balaban J connectivity index is 2.37. The maximum atomic E-state index is 11.1. The van der Waals surface area contributed by atoms with Crippen molar-refractivity contribution in [3.05, 3.63) is 38.9 Å². The molecule has 21 heavy (non-hydrogen) atoms. The Morgan fingerprint density at radius 3 is 2.76 bits per heavy atom. The minimum absolute atomic E-state index is 0.107. The largest absolute Gasteiger partial charge is 0.497 e. The Morgan fingerprint density at radius 1 is 1.52 bits per heavy atom. The van der Waals surface area contributed by atoms with E-state index in [1.54, 1.807) is 19.1 Å². The Bertz CT molecular complexity index is 714. The SMILES string of the molecule is COc1ccc(Sc2nc(C)c(C(=O)O)s2)c([N+](=O)[O-])c1. The first-order chi connectivity index (χ1) is 9.92. The van der Waals surface area contributed by atoms with Crippen LogP contribution in [0.1, 0.15) is 15.4 Å². The van der Waals surface area contributed by atoms with Gasteiger partial charge in [0.1, 0.15) is 10.6 Å². The standard InChI is InChI=1S/C12H10N2O5S2/c1-6-10(11(15)16)21-12(13-6)20-9-4-3-7(19-2)5-8(9)14(17)18/h3-5H,1-2H3,(H,15,16). The van der Waals surface area contributed by atoms with Gasteiger partial charge in [-0.15, -0.1) is 11.3 Å². The van der Waals surface area contributed by atoms with Crippen molar-refractivity contribution in [1.82, 2.24) is 4.98 Å². The van der Waals surface area contributed by atoms with Crippen LogP contribution in [0.4, 0.5) is 5.69 Å². The number of ether oxygens (including phenoxy) is 1. The van der Waals surface area contributed by atoms with E-state index in [0.29, 0.717) is 20.7 Å². The van der Waals surface area contributed by atoms with Gasteiger partial charge >= 0.3 is 5.97 Å². The summed E-state index contributed by atoms with van der Waals surface area (Å²) in [7, 11) is 1.43. The minimum atomic E-state index is -1.05. The second-order valence-electron chi connectivity index (χ2n) is 3.89. The summed E-state index contributed by atoms with van der Waals surface area (Å²) < 4.78 is 5.40. The van der Waals surface area contributed by atoms with E-state index >= 15 is 0 Å². The number of nitrogens with zero attached hydrogens (tertiary/aromatic N) is 2. The molecule has 2 aromatic rings. The fourth-order valence-electron chi connectivity index (χ4n) is 1.56. The third-order valence-electron chi connectivity index (χ3n) is 2.53. The second kappa shape index (κ2) is 6.10. The monoisotopic (exact) mass is 326 g/mol. The van der Waals surface area contributed by atoms with Crippen molar-refractivity contribution in [3.63, 3.8) is 0 Å². The van der Waals surface area contributed by atoms with Gasteiger partial charge in [-0.05, 0) is 19.1 Å². The molecule has 0 radical (unpaired) electrons. The molecule has 1 aromatic heterocycles. The molecular formula is C12H10N2O5S2. The molecule has 0 saturated heterocycles. The number of carboxylic acids is 1. The molecule has 1 aromatic carbocycles. The fourth-order valence-corrected chi connectivity index (χ4v) is 3.63. The molecular weight excluding hydrogens is 316 g/mol. The average molecular weight is 326 g/mol. The lowest BCUT2D eigenvalue weighted by Crippen LogP contribution is -1.94. The molecule has 0 saturated carbocycles. The van der Waals surface area contributed by atoms with Crippen LogP contribution in [-0.2, 0) is 0 Å². The molecule has 0 aliphatic rings. The topological polar surface area (TPSA) is 103 Å². The zero-order valence-electron chi connectivity index (χ0n) is 11.0. The van der Waals surface area contributed by atoms with Crippen LogP contribution < -0.4 is 4.74 Å². The molecule has 0 atom stereocenters. The minimum Gasteiger partial charge on any atom is -0.497 e. The highest BCUT2D eigenvalue weighted by Crippen LogP contribution is 2.39. The van der Waals surface area contributed by atoms with Gasteiger partial charge in [-0.3, -0.25) is 10.1 Å². The van der Waals surface area contributed by atoms with Crippen LogP contribution in [0, 0.1) is 17.0 Å². The summed E-state index contributed by atoms with van der Waals surface area (Å²) in [5.74, 6) is -0.673. The van der Waals surface area contributed by atoms with Crippen molar-refractivity contribution in [2.75, 3.05) is 7.11 Å². The van der Waals surface area contributed by atoms with E-state index < -0.39 is 10.9 Å². The predicted molar refractivity (Wildman–Crippen MR) is 77.6 cm³/mol. The first-order valence-electron chi connectivity index (χ1n) is 5.63. The van der Waals surface area contributed by atoms with Gasteiger partial charge in [-0.2, -0.15) is 0 Å². The smallest absolute Gasteiger partial charge is 0.347 e. The van der Waals surface area contributed by atoms with E-state index in [2.05, 4.69) is 4.98 Å². The molecule has 0 spiro atoms. The van der Waals surface area contributed by atoms with Gasteiger partial charge in [-0.1, -0.05) is 11.8 Å². The summed E-state index contributed by atoms with van der Waals surface area (Å²) in [6.07, 6.45) is 0. The van der Waals surface area contributed by atoms with E-state index in [9.17, 15) is 14.9 Å². The number of methoxy groups -OCH3 is 1. The number of hydrogen-bond acceptors (Lipinski definition) is 7.